The second-order valence-corrected chi connectivity index (χ2v) is 5.61. The Morgan fingerprint density at radius 1 is 1.48 bits per heavy atom. The second kappa shape index (κ2) is 7.08. The van der Waals surface area contributed by atoms with E-state index < -0.39 is 5.82 Å². The molecule has 0 radical (unpaired) electrons. The first-order valence-electron chi connectivity index (χ1n) is 7.72. The van der Waals surface area contributed by atoms with Crippen molar-refractivity contribution in [3.63, 3.8) is 0 Å². The lowest BCUT2D eigenvalue weighted by atomic mass is 10.2. The average molecular weight is 340 g/mol. The summed E-state index contributed by atoms with van der Waals surface area (Å²) in [6.07, 6.45) is 7.23. The maximum Gasteiger partial charge on any atom is 0.287 e. The van der Waals surface area contributed by atoms with E-state index in [0.29, 0.717) is 23.1 Å². The summed E-state index contributed by atoms with van der Waals surface area (Å²) in [5.74, 6) is -0.770. The molecule has 3 aromatic heterocycles. The molecule has 0 aliphatic heterocycles. The number of nitrogens with zero attached hydrogens (tertiary/aromatic N) is 3. The zero-order valence-electron chi connectivity index (χ0n) is 13.5. The van der Waals surface area contributed by atoms with E-state index in [1.807, 2.05) is 13.0 Å². The summed E-state index contributed by atoms with van der Waals surface area (Å²) in [5, 5.41) is 2.84. The Hall–Kier alpha value is -3.29. The van der Waals surface area contributed by atoms with Crippen LogP contribution < -0.4 is 11.1 Å². The number of fused-ring (bicyclic) bond motifs is 1. The van der Waals surface area contributed by atoms with Crippen molar-refractivity contribution in [2.24, 2.45) is 0 Å². The molecule has 0 spiro atoms. The summed E-state index contributed by atoms with van der Waals surface area (Å²) in [7, 11) is 0. The minimum absolute atomic E-state index is 0.127. The lowest BCUT2D eigenvalue weighted by molar-refractivity contribution is 0.0931. The SMILES string of the molecule is C[C@@H](C/C=C/c1cnc(N)c(F)c1)NC(=O)c1nc2ncccc2[nH]1. The number of nitrogens with two attached hydrogens (primary N) is 1. The standard InChI is InChI=1S/C17H17FN6O/c1-10(4-2-5-11-8-12(18)14(19)21-9-11)22-17(25)16-23-13-6-3-7-20-15(13)24-16/h2-3,5-10H,4H2,1H3,(H2,19,21)(H,22,25)(H,20,23,24)/b5-2+/t10-/m0/s1. The summed E-state index contributed by atoms with van der Waals surface area (Å²) < 4.78 is 13.3. The van der Waals surface area contributed by atoms with Crippen LogP contribution in [0.3, 0.4) is 0 Å². The van der Waals surface area contributed by atoms with Gasteiger partial charge in [-0.25, -0.2) is 19.3 Å². The predicted molar refractivity (Wildman–Crippen MR) is 93.1 cm³/mol. The molecule has 3 aromatic rings. The number of amides is 1. The maximum absolute atomic E-state index is 13.3. The number of nitrogen functional groups attached to an aromatic ring is 1. The molecular formula is C17H17FN6O. The normalized spacial score (nSPS) is 12.6. The van der Waals surface area contributed by atoms with Crippen LogP contribution >= 0.6 is 0 Å². The fourth-order valence-corrected chi connectivity index (χ4v) is 2.27. The monoisotopic (exact) mass is 340 g/mol. The quantitative estimate of drug-likeness (QED) is 0.660. The van der Waals surface area contributed by atoms with Gasteiger partial charge in [-0.15, -0.1) is 0 Å². The van der Waals surface area contributed by atoms with Crippen LogP contribution in [0.25, 0.3) is 17.2 Å². The Kier molecular flexibility index (Phi) is 4.69. The third kappa shape index (κ3) is 3.97. The highest BCUT2D eigenvalue weighted by molar-refractivity contribution is 5.93. The maximum atomic E-state index is 13.3. The van der Waals surface area contributed by atoms with Gasteiger partial charge in [0.15, 0.2) is 23.1 Å². The van der Waals surface area contributed by atoms with Crippen molar-refractivity contribution in [2.75, 3.05) is 5.73 Å². The van der Waals surface area contributed by atoms with Crippen molar-refractivity contribution >= 4 is 29.0 Å². The molecule has 3 heterocycles. The van der Waals surface area contributed by atoms with Crippen molar-refractivity contribution in [1.29, 1.82) is 0 Å². The summed E-state index contributed by atoms with van der Waals surface area (Å²) >= 11 is 0. The van der Waals surface area contributed by atoms with E-state index in [0.717, 1.165) is 0 Å². The smallest absolute Gasteiger partial charge is 0.287 e. The van der Waals surface area contributed by atoms with Gasteiger partial charge in [-0.1, -0.05) is 12.2 Å². The van der Waals surface area contributed by atoms with Crippen LogP contribution in [0.5, 0.6) is 0 Å². The first kappa shape index (κ1) is 16.6. The Labute approximate surface area is 143 Å². The van der Waals surface area contributed by atoms with Gasteiger partial charge < -0.3 is 16.0 Å². The molecule has 0 bridgehead atoms. The zero-order valence-corrected chi connectivity index (χ0v) is 13.5. The number of pyridine rings is 2. The van der Waals surface area contributed by atoms with Crippen molar-refractivity contribution < 1.29 is 9.18 Å². The van der Waals surface area contributed by atoms with E-state index >= 15 is 0 Å². The Bertz CT molecular complexity index is 903. The number of halogens is 1. The van der Waals surface area contributed by atoms with Gasteiger partial charge in [0.2, 0.25) is 0 Å². The van der Waals surface area contributed by atoms with Gasteiger partial charge in [0.25, 0.3) is 5.91 Å². The highest BCUT2D eigenvalue weighted by atomic mass is 19.1. The van der Waals surface area contributed by atoms with Crippen molar-refractivity contribution in [1.82, 2.24) is 25.3 Å². The van der Waals surface area contributed by atoms with Gasteiger partial charge in [0, 0.05) is 18.4 Å². The molecule has 0 saturated carbocycles. The number of hydrogen-bond donors (Lipinski definition) is 3. The van der Waals surface area contributed by atoms with Gasteiger partial charge in [0.1, 0.15) is 0 Å². The molecule has 128 valence electrons. The number of rotatable bonds is 5. The molecule has 3 rings (SSSR count). The van der Waals surface area contributed by atoms with Crippen LogP contribution in [0.2, 0.25) is 0 Å². The number of nitrogens with one attached hydrogen (secondary N) is 2. The average Bonchev–Trinajstić information content (AvgIpc) is 3.02. The molecule has 0 unspecified atom stereocenters. The minimum atomic E-state index is -0.554. The number of hydrogen-bond acceptors (Lipinski definition) is 5. The molecule has 8 heteroatoms. The number of aromatic amines is 1. The van der Waals surface area contributed by atoms with Crippen LogP contribution in [-0.4, -0.2) is 31.9 Å². The second-order valence-electron chi connectivity index (χ2n) is 5.61. The lowest BCUT2D eigenvalue weighted by Gasteiger charge is -2.10. The fraction of sp³-hybridized carbons (Fsp3) is 0.176. The summed E-state index contributed by atoms with van der Waals surface area (Å²) in [6.45, 7) is 1.87. The Morgan fingerprint density at radius 2 is 2.32 bits per heavy atom. The van der Waals surface area contributed by atoms with E-state index in [1.165, 1.54) is 12.3 Å². The number of carbonyl (C=O) groups excluding carboxylic acids is 1. The molecule has 0 aliphatic rings. The highest BCUT2D eigenvalue weighted by Crippen LogP contribution is 2.11. The minimum Gasteiger partial charge on any atom is -0.381 e. The molecule has 7 nitrogen and oxygen atoms in total. The fourth-order valence-electron chi connectivity index (χ4n) is 2.27. The first-order valence-corrected chi connectivity index (χ1v) is 7.72. The van der Waals surface area contributed by atoms with Crippen molar-refractivity contribution in [3.8, 4) is 0 Å². The van der Waals surface area contributed by atoms with Gasteiger partial charge >= 0.3 is 0 Å². The van der Waals surface area contributed by atoms with Crippen LogP contribution in [0, 0.1) is 5.82 Å². The molecule has 4 N–H and O–H groups in total. The predicted octanol–water partition coefficient (Wildman–Crippen LogP) is 2.30. The van der Waals surface area contributed by atoms with Crippen LogP contribution in [-0.2, 0) is 0 Å². The third-order valence-corrected chi connectivity index (χ3v) is 3.54. The first-order chi connectivity index (χ1) is 12.0. The van der Waals surface area contributed by atoms with E-state index in [9.17, 15) is 9.18 Å². The van der Waals surface area contributed by atoms with Gasteiger partial charge in [0.05, 0.1) is 5.52 Å². The number of carbonyl (C=O) groups is 1. The van der Waals surface area contributed by atoms with Crippen molar-refractivity contribution in [2.45, 2.75) is 19.4 Å². The Morgan fingerprint density at radius 3 is 3.08 bits per heavy atom. The summed E-state index contributed by atoms with van der Waals surface area (Å²) in [4.78, 5) is 27.1. The van der Waals surface area contributed by atoms with E-state index in [1.54, 1.807) is 24.4 Å². The topological polar surface area (TPSA) is 110 Å². The molecular weight excluding hydrogens is 323 g/mol. The molecule has 0 saturated heterocycles. The van der Waals surface area contributed by atoms with Gasteiger partial charge in [-0.3, -0.25) is 4.79 Å². The molecule has 1 amide bonds. The summed E-state index contributed by atoms with van der Waals surface area (Å²) in [5.41, 5.74) is 7.14. The number of imidazole rings is 1. The van der Waals surface area contributed by atoms with E-state index in [4.69, 9.17) is 5.73 Å². The molecule has 25 heavy (non-hydrogen) atoms. The van der Waals surface area contributed by atoms with Crippen LogP contribution in [0.15, 0.2) is 36.7 Å². The van der Waals surface area contributed by atoms with Gasteiger partial charge in [-0.05, 0) is 37.1 Å². The largest absolute Gasteiger partial charge is 0.381 e. The van der Waals surface area contributed by atoms with E-state index in [2.05, 4.69) is 25.3 Å². The number of anilines is 1. The third-order valence-electron chi connectivity index (χ3n) is 3.54. The molecule has 1 atom stereocenters. The summed E-state index contributed by atoms with van der Waals surface area (Å²) in [6, 6.07) is 4.75. The number of aromatic nitrogens is 4. The van der Waals surface area contributed by atoms with E-state index in [-0.39, 0.29) is 23.6 Å². The molecule has 0 aromatic carbocycles. The molecule has 0 fully saturated rings. The number of H-pyrrole nitrogens is 1. The lowest BCUT2D eigenvalue weighted by Crippen LogP contribution is -2.32. The van der Waals surface area contributed by atoms with Crippen LogP contribution in [0.4, 0.5) is 10.2 Å². The zero-order chi connectivity index (χ0) is 17.8. The Balaban J connectivity index is 1.58. The molecule has 0 aliphatic carbocycles. The van der Waals surface area contributed by atoms with Gasteiger partial charge in [-0.2, -0.15) is 0 Å². The van der Waals surface area contributed by atoms with Crippen LogP contribution in [0.1, 0.15) is 29.5 Å². The van der Waals surface area contributed by atoms with Crippen molar-refractivity contribution in [3.05, 3.63) is 53.9 Å². The highest BCUT2D eigenvalue weighted by Gasteiger charge is 2.13.